The number of fused-ring (bicyclic) bond motifs is 5. The highest BCUT2D eigenvalue weighted by Crippen LogP contribution is 2.47. The molecule has 2 fully saturated rings. The normalized spacial score (nSPS) is 37.5. The average molecular weight is 581 g/mol. The molecule has 0 aromatic heterocycles. The minimum absolute atomic E-state index is 0.136. The van der Waals surface area contributed by atoms with E-state index in [1.165, 1.54) is 11.1 Å². The van der Waals surface area contributed by atoms with Gasteiger partial charge in [-0.3, -0.25) is 9.52 Å². The molecule has 8 heteroatoms. The Bertz CT molecular complexity index is 1490. The number of halogens is 1. The maximum Gasteiger partial charge on any atom is 0.262 e. The summed E-state index contributed by atoms with van der Waals surface area (Å²) in [4.78, 5) is 15.8. The highest BCUT2D eigenvalue weighted by Gasteiger charge is 2.45. The van der Waals surface area contributed by atoms with Crippen molar-refractivity contribution in [2.75, 3.05) is 24.6 Å². The SMILES string of the molecule is C=S1(=O)NC(=O)c2ccc3c(c2)N(C[C@@H]2CC[C@H]2[C@@H](O)/C=C/C[C@@H]2C[C@H]21)C[C@@]1(CCCc2cc(Cl)ccc21)CO3. The topological polar surface area (TPSA) is 78.9 Å². The molecular formula is C32H37ClN2O4S. The molecule has 40 heavy (non-hydrogen) atoms. The zero-order valence-electron chi connectivity index (χ0n) is 22.7. The molecule has 1 unspecified atom stereocenters. The van der Waals surface area contributed by atoms with E-state index >= 15 is 0 Å². The summed E-state index contributed by atoms with van der Waals surface area (Å²) in [5, 5.41) is 11.7. The van der Waals surface area contributed by atoms with Crippen molar-refractivity contribution < 1.29 is 18.8 Å². The van der Waals surface area contributed by atoms with Gasteiger partial charge in [-0.25, -0.2) is 4.21 Å². The zero-order valence-corrected chi connectivity index (χ0v) is 24.3. The number of rotatable bonds is 0. The molecule has 2 heterocycles. The molecule has 2 aliphatic heterocycles. The summed E-state index contributed by atoms with van der Waals surface area (Å²) in [6.07, 6.45) is 10.1. The molecule has 3 aliphatic carbocycles. The highest BCUT2D eigenvalue weighted by molar-refractivity contribution is 7.99. The molecule has 0 saturated heterocycles. The molecule has 7 atom stereocenters. The first-order valence-electron chi connectivity index (χ1n) is 14.6. The summed E-state index contributed by atoms with van der Waals surface area (Å²) < 4.78 is 22.7. The molecule has 2 aromatic carbocycles. The number of carbonyl (C=O) groups excluding carboxylic acids is 1. The Morgan fingerprint density at radius 1 is 1.18 bits per heavy atom. The summed E-state index contributed by atoms with van der Waals surface area (Å²) in [5.74, 6) is 5.09. The van der Waals surface area contributed by atoms with Crippen molar-refractivity contribution in [1.82, 2.24) is 4.72 Å². The lowest BCUT2D eigenvalue weighted by Gasteiger charge is -2.45. The molecule has 2 bridgehead atoms. The first-order chi connectivity index (χ1) is 19.2. The van der Waals surface area contributed by atoms with E-state index in [1.54, 1.807) is 6.07 Å². The number of carbonyl (C=O) groups is 1. The number of hydrogen-bond acceptors (Lipinski definition) is 5. The van der Waals surface area contributed by atoms with Gasteiger partial charge < -0.3 is 14.7 Å². The second-order valence-electron chi connectivity index (χ2n) is 12.6. The standard InChI is InChI=1S/C32H37ClN2O4S/c1-40(38)30-16-21(30)4-2-6-28(36)25-10-7-23(25)17-35-18-32(13-3-5-20-14-24(33)9-11-26(20)32)19-39-29-12-8-22(15-27(29)35)31(37)34-40/h2,6,8-9,11-12,14-15,21,23,25,28,30,36H,1,3-5,7,10,13,16-19H2,(H,34,37,38)/b6-2+/t21-,23+,25-,28+,30-,32+,40?/m1/s1. The van der Waals surface area contributed by atoms with Crippen molar-refractivity contribution in [3.05, 3.63) is 70.3 Å². The molecule has 7 rings (SSSR count). The highest BCUT2D eigenvalue weighted by atomic mass is 35.5. The maximum atomic E-state index is 13.4. The number of nitrogens with one attached hydrogen (secondary N) is 1. The number of anilines is 1. The Morgan fingerprint density at radius 3 is 2.88 bits per heavy atom. The number of aliphatic hydroxyl groups excluding tert-OH is 1. The van der Waals surface area contributed by atoms with Crippen LogP contribution in [0.1, 0.15) is 60.0 Å². The third-order valence-electron chi connectivity index (χ3n) is 10.1. The molecule has 2 saturated carbocycles. The van der Waals surface area contributed by atoms with Gasteiger partial charge in [-0.05, 0) is 110 Å². The fourth-order valence-electron chi connectivity index (χ4n) is 7.57. The fourth-order valence-corrected chi connectivity index (χ4v) is 9.64. The lowest BCUT2D eigenvalue weighted by atomic mass is 9.68. The lowest BCUT2D eigenvalue weighted by Crippen LogP contribution is -2.49. The van der Waals surface area contributed by atoms with Crippen LogP contribution in [-0.4, -0.2) is 52.1 Å². The molecule has 1 spiro atoms. The van der Waals surface area contributed by atoms with Crippen molar-refractivity contribution in [1.29, 1.82) is 0 Å². The van der Waals surface area contributed by atoms with Crippen molar-refractivity contribution >= 4 is 38.8 Å². The van der Waals surface area contributed by atoms with Crippen molar-refractivity contribution in [3.8, 4) is 5.75 Å². The Kier molecular flexibility index (Phi) is 6.48. The Morgan fingerprint density at radius 2 is 2.05 bits per heavy atom. The third kappa shape index (κ3) is 4.64. The van der Waals surface area contributed by atoms with Crippen molar-refractivity contribution in [3.63, 3.8) is 0 Å². The predicted octanol–water partition coefficient (Wildman–Crippen LogP) is 4.91. The van der Waals surface area contributed by atoms with Crippen LogP contribution in [0.15, 0.2) is 48.6 Å². The number of ether oxygens (including phenoxy) is 1. The minimum Gasteiger partial charge on any atom is -0.490 e. The van der Waals surface area contributed by atoms with Gasteiger partial charge in [0.15, 0.2) is 0 Å². The molecule has 6 nitrogen and oxygen atoms in total. The van der Waals surface area contributed by atoms with Crippen molar-refractivity contribution in [2.45, 2.75) is 61.7 Å². The van der Waals surface area contributed by atoms with Crippen LogP contribution < -0.4 is 14.4 Å². The van der Waals surface area contributed by atoms with Crippen LogP contribution in [0.4, 0.5) is 5.69 Å². The van der Waals surface area contributed by atoms with Crippen LogP contribution in [0.3, 0.4) is 0 Å². The van der Waals surface area contributed by atoms with E-state index < -0.39 is 15.8 Å². The molecule has 212 valence electrons. The first kappa shape index (κ1) is 26.4. The van der Waals surface area contributed by atoms with E-state index in [0.717, 1.165) is 74.5 Å². The minimum atomic E-state index is -2.79. The van der Waals surface area contributed by atoms with Crippen LogP contribution in [0.25, 0.3) is 0 Å². The van der Waals surface area contributed by atoms with E-state index in [4.69, 9.17) is 16.3 Å². The molecule has 2 aromatic rings. The van der Waals surface area contributed by atoms with Crippen LogP contribution in [0.2, 0.25) is 5.02 Å². The Labute approximate surface area is 241 Å². The number of allylic oxidation sites excluding steroid dienone is 1. The Balaban J connectivity index is 1.29. The average Bonchev–Trinajstić information content (AvgIpc) is 3.70. The van der Waals surface area contributed by atoms with Crippen LogP contribution in [0, 0.1) is 17.8 Å². The second kappa shape index (κ2) is 9.81. The monoisotopic (exact) mass is 580 g/mol. The summed E-state index contributed by atoms with van der Waals surface area (Å²) in [6, 6.07) is 11.8. The van der Waals surface area contributed by atoms with E-state index in [-0.39, 0.29) is 28.4 Å². The summed E-state index contributed by atoms with van der Waals surface area (Å²) >= 11 is 6.39. The largest absolute Gasteiger partial charge is 0.490 e. The number of hydrogen-bond donors (Lipinski definition) is 2. The van der Waals surface area contributed by atoms with E-state index in [2.05, 4.69) is 27.6 Å². The van der Waals surface area contributed by atoms with Crippen LogP contribution in [-0.2, 0) is 21.5 Å². The molecule has 5 aliphatic rings. The van der Waals surface area contributed by atoms with Crippen LogP contribution in [0.5, 0.6) is 5.75 Å². The number of aryl methyl sites for hydroxylation is 1. The molecule has 0 radical (unpaired) electrons. The van der Waals surface area contributed by atoms with Gasteiger partial charge in [0.05, 0.1) is 28.1 Å². The fraction of sp³-hybridized carbons (Fsp3) is 0.500. The van der Waals surface area contributed by atoms with E-state index in [9.17, 15) is 14.1 Å². The summed E-state index contributed by atoms with van der Waals surface area (Å²) in [7, 11) is -2.79. The number of amides is 1. The second-order valence-corrected chi connectivity index (χ2v) is 15.3. The summed E-state index contributed by atoms with van der Waals surface area (Å²) in [6.45, 7) is 2.08. The molecule has 2 N–H and O–H groups in total. The third-order valence-corrected chi connectivity index (χ3v) is 12.4. The van der Waals surface area contributed by atoms with Gasteiger partial charge in [0.2, 0.25) is 0 Å². The van der Waals surface area contributed by atoms with Crippen molar-refractivity contribution in [2.24, 2.45) is 17.8 Å². The van der Waals surface area contributed by atoms with E-state index in [0.29, 0.717) is 18.1 Å². The van der Waals surface area contributed by atoms with Gasteiger partial charge in [0.25, 0.3) is 5.91 Å². The van der Waals surface area contributed by atoms with Gasteiger partial charge in [-0.15, -0.1) is 0 Å². The summed E-state index contributed by atoms with van der Waals surface area (Å²) in [5.41, 5.74) is 3.72. The van der Waals surface area contributed by atoms with Gasteiger partial charge in [0.1, 0.15) is 5.75 Å². The van der Waals surface area contributed by atoms with Gasteiger partial charge >= 0.3 is 0 Å². The smallest absolute Gasteiger partial charge is 0.262 e. The van der Waals surface area contributed by atoms with Crippen LogP contribution >= 0.6 is 11.6 Å². The number of aliphatic hydroxyl groups is 1. The predicted molar refractivity (Wildman–Crippen MR) is 161 cm³/mol. The zero-order chi connectivity index (χ0) is 27.6. The molecular weight excluding hydrogens is 544 g/mol. The lowest BCUT2D eigenvalue weighted by molar-refractivity contribution is 0.0456. The van der Waals surface area contributed by atoms with E-state index in [1.807, 2.05) is 30.4 Å². The number of benzene rings is 2. The first-order valence-corrected chi connectivity index (χ1v) is 16.7. The Hall–Kier alpha value is -2.48. The number of nitrogens with zero attached hydrogens (tertiary/aromatic N) is 1. The quantitative estimate of drug-likeness (QED) is 0.342. The maximum absolute atomic E-state index is 13.4. The molecule has 1 amide bonds. The van der Waals surface area contributed by atoms with Gasteiger partial charge in [-0.1, -0.05) is 29.8 Å². The van der Waals surface area contributed by atoms with Gasteiger partial charge in [0, 0.05) is 34.3 Å². The van der Waals surface area contributed by atoms with Gasteiger partial charge in [-0.2, -0.15) is 0 Å².